The van der Waals surface area contributed by atoms with Gasteiger partial charge >= 0.3 is 0 Å². The summed E-state index contributed by atoms with van der Waals surface area (Å²) in [6.07, 6.45) is 6.53. The minimum Gasteiger partial charge on any atom is -0.504 e. The lowest BCUT2D eigenvalue weighted by molar-refractivity contribution is 0.104. The SMILES string of the molecule is COc1cc(/C=C\c2cc(O)c(OC)c(N/C=C\C(=O)c3ccc(Cl)cc3)c2)cc(OC)c1OC. The zero-order valence-corrected chi connectivity index (χ0v) is 20.6. The van der Waals surface area contributed by atoms with E-state index in [1.807, 2.05) is 24.3 Å². The molecular formula is C27H26ClNO6. The highest BCUT2D eigenvalue weighted by atomic mass is 35.5. The summed E-state index contributed by atoms with van der Waals surface area (Å²) in [7, 11) is 6.10. The summed E-state index contributed by atoms with van der Waals surface area (Å²) in [5.41, 5.74) is 2.48. The Morgan fingerprint density at radius 2 is 1.40 bits per heavy atom. The average molecular weight is 496 g/mol. The molecule has 0 heterocycles. The van der Waals surface area contributed by atoms with Gasteiger partial charge in [0.15, 0.2) is 28.8 Å². The van der Waals surface area contributed by atoms with Crippen molar-refractivity contribution < 1.29 is 28.8 Å². The number of methoxy groups -OCH3 is 4. The number of allylic oxidation sites excluding steroid dienone is 1. The van der Waals surface area contributed by atoms with Crippen LogP contribution in [-0.4, -0.2) is 39.3 Å². The van der Waals surface area contributed by atoms with Crippen molar-refractivity contribution in [2.45, 2.75) is 0 Å². The molecule has 0 unspecified atom stereocenters. The lowest BCUT2D eigenvalue weighted by Gasteiger charge is -2.13. The third-order valence-electron chi connectivity index (χ3n) is 5.05. The molecule has 0 spiro atoms. The maximum absolute atomic E-state index is 12.4. The molecule has 0 bridgehead atoms. The van der Waals surface area contributed by atoms with E-state index >= 15 is 0 Å². The van der Waals surface area contributed by atoms with Gasteiger partial charge in [-0.25, -0.2) is 0 Å². The summed E-state index contributed by atoms with van der Waals surface area (Å²) in [5.74, 6) is 1.55. The number of phenolic OH excluding ortho intramolecular Hbond substituents is 1. The van der Waals surface area contributed by atoms with Crippen LogP contribution in [0.1, 0.15) is 21.5 Å². The van der Waals surface area contributed by atoms with Crippen LogP contribution < -0.4 is 24.3 Å². The first-order valence-electron chi connectivity index (χ1n) is 10.5. The fourth-order valence-corrected chi connectivity index (χ4v) is 3.49. The monoisotopic (exact) mass is 495 g/mol. The number of aromatic hydroxyl groups is 1. The molecular weight excluding hydrogens is 470 g/mol. The number of hydrogen-bond donors (Lipinski definition) is 2. The summed E-state index contributed by atoms with van der Waals surface area (Å²) in [6, 6.07) is 13.6. The molecule has 0 aliphatic rings. The highest BCUT2D eigenvalue weighted by molar-refractivity contribution is 6.30. The van der Waals surface area contributed by atoms with Crippen molar-refractivity contribution in [2.24, 2.45) is 0 Å². The normalized spacial score (nSPS) is 11.0. The fourth-order valence-electron chi connectivity index (χ4n) is 3.36. The van der Waals surface area contributed by atoms with E-state index in [0.29, 0.717) is 39.1 Å². The predicted molar refractivity (Wildman–Crippen MR) is 138 cm³/mol. The van der Waals surface area contributed by atoms with E-state index in [1.165, 1.54) is 19.4 Å². The number of nitrogens with one attached hydrogen (secondary N) is 1. The van der Waals surface area contributed by atoms with Crippen LogP contribution >= 0.6 is 11.6 Å². The maximum Gasteiger partial charge on any atom is 0.203 e. The Bertz CT molecular complexity index is 1230. The van der Waals surface area contributed by atoms with Gasteiger partial charge in [0.25, 0.3) is 0 Å². The van der Waals surface area contributed by atoms with Crippen LogP contribution in [0.5, 0.6) is 28.7 Å². The molecule has 0 atom stereocenters. The van der Waals surface area contributed by atoms with Gasteiger partial charge in [0.1, 0.15) is 0 Å². The Labute approximate surface area is 209 Å². The van der Waals surface area contributed by atoms with Crippen LogP contribution in [0.3, 0.4) is 0 Å². The van der Waals surface area contributed by atoms with Gasteiger partial charge in [0, 0.05) is 22.9 Å². The molecule has 3 rings (SSSR count). The summed E-state index contributed by atoms with van der Waals surface area (Å²) >= 11 is 5.87. The van der Waals surface area contributed by atoms with Crippen molar-refractivity contribution in [2.75, 3.05) is 33.8 Å². The highest BCUT2D eigenvalue weighted by Gasteiger charge is 2.13. The minimum atomic E-state index is -0.198. The number of anilines is 1. The molecule has 7 nitrogen and oxygen atoms in total. The molecule has 35 heavy (non-hydrogen) atoms. The second kappa shape index (κ2) is 11.9. The van der Waals surface area contributed by atoms with Gasteiger partial charge in [-0.3, -0.25) is 4.79 Å². The molecule has 0 radical (unpaired) electrons. The number of carbonyl (C=O) groups excluding carboxylic acids is 1. The minimum absolute atomic E-state index is 0.0560. The van der Waals surface area contributed by atoms with E-state index in [9.17, 15) is 9.90 Å². The summed E-state index contributed by atoms with van der Waals surface area (Å²) in [4.78, 5) is 12.4. The number of phenols is 1. The number of benzene rings is 3. The topological polar surface area (TPSA) is 86.2 Å². The number of carbonyl (C=O) groups is 1. The zero-order valence-electron chi connectivity index (χ0n) is 19.8. The molecule has 0 amide bonds. The van der Waals surface area contributed by atoms with Crippen LogP contribution in [0, 0.1) is 0 Å². The summed E-state index contributed by atoms with van der Waals surface area (Å²) < 4.78 is 21.5. The molecule has 8 heteroatoms. The van der Waals surface area contributed by atoms with Gasteiger partial charge < -0.3 is 29.4 Å². The standard InChI is InChI=1S/C27H26ClNO6/c1-32-24-15-18(16-25(33-2)27(24)35-4)6-5-17-13-21(26(34-3)23(31)14-17)29-12-11-22(30)19-7-9-20(28)10-8-19/h5-16,29,31H,1-4H3/b6-5-,12-11-. The third kappa shape index (κ3) is 6.28. The number of hydrogen-bond acceptors (Lipinski definition) is 7. The first-order valence-corrected chi connectivity index (χ1v) is 10.9. The average Bonchev–Trinajstić information content (AvgIpc) is 2.86. The van der Waals surface area contributed by atoms with Gasteiger partial charge in [-0.05, 0) is 59.7 Å². The van der Waals surface area contributed by atoms with E-state index in [0.717, 1.165) is 5.56 Å². The Morgan fingerprint density at radius 1 is 0.829 bits per heavy atom. The van der Waals surface area contributed by atoms with Crippen molar-refractivity contribution in [3.05, 3.63) is 82.5 Å². The lowest BCUT2D eigenvalue weighted by atomic mass is 10.1. The van der Waals surface area contributed by atoms with Crippen molar-refractivity contribution in [1.29, 1.82) is 0 Å². The van der Waals surface area contributed by atoms with Crippen molar-refractivity contribution in [1.82, 2.24) is 0 Å². The summed E-state index contributed by atoms with van der Waals surface area (Å²) in [6.45, 7) is 0. The molecule has 0 saturated heterocycles. The van der Waals surface area contributed by atoms with Crippen LogP contribution in [-0.2, 0) is 0 Å². The van der Waals surface area contributed by atoms with Crippen molar-refractivity contribution in [3.63, 3.8) is 0 Å². The van der Waals surface area contributed by atoms with Crippen molar-refractivity contribution >= 4 is 35.2 Å². The van der Waals surface area contributed by atoms with E-state index in [1.54, 1.807) is 57.7 Å². The molecule has 182 valence electrons. The first-order chi connectivity index (χ1) is 16.9. The molecule has 3 aromatic carbocycles. The van der Waals surface area contributed by atoms with Gasteiger partial charge in [0.2, 0.25) is 5.75 Å². The van der Waals surface area contributed by atoms with Gasteiger partial charge in [-0.1, -0.05) is 23.8 Å². The number of ketones is 1. The Hall–Kier alpha value is -4.10. The molecule has 0 aliphatic heterocycles. The van der Waals surface area contributed by atoms with Crippen molar-refractivity contribution in [3.8, 4) is 28.7 Å². The Morgan fingerprint density at radius 3 is 1.94 bits per heavy atom. The second-order valence-corrected chi connectivity index (χ2v) is 7.70. The Kier molecular flexibility index (Phi) is 8.64. The molecule has 0 aliphatic carbocycles. The largest absolute Gasteiger partial charge is 0.504 e. The van der Waals surface area contributed by atoms with E-state index in [2.05, 4.69) is 5.32 Å². The van der Waals surface area contributed by atoms with E-state index in [-0.39, 0.29) is 17.3 Å². The van der Waals surface area contributed by atoms with Crippen LogP contribution in [0.4, 0.5) is 5.69 Å². The smallest absolute Gasteiger partial charge is 0.203 e. The fraction of sp³-hybridized carbons (Fsp3) is 0.148. The zero-order chi connectivity index (χ0) is 25.4. The summed E-state index contributed by atoms with van der Waals surface area (Å²) in [5, 5.41) is 14.0. The molecule has 3 aromatic rings. The third-order valence-corrected chi connectivity index (χ3v) is 5.31. The van der Waals surface area contributed by atoms with Crippen LogP contribution in [0.2, 0.25) is 5.02 Å². The number of rotatable bonds is 10. The molecule has 0 fully saturated rings. The van der Waals surface area contributed by atoms with Crippen LogP contribution in [0.15, 0.2) is 60.8 Å². The van der Waals surface area contributed by atoms with E-state index < -0.39 is 0 Å². The van der Waals surface area contributed by atoms with Gasteiger partial charge in [-0.15, -0.1) is 0 Å². The second-order valence-electron chi connectivity index (χ2n) is 7.26. The highest BCUT2D eigenvalue weighted by Crippen LogP contribution is 2.39. The van der Waals surface area contributed by atoms with Gasteiger partial charge in [0.05, 0.1) is 34.1 Å². The van der Waals surface area contributed by atoms with Crippen LogP contribution in [0.25, 0.3) is 12.2 Å². The molecule has 2 N–H and O–H groups in total. The van der Waals surface area contributed by atoms with E-state index in [4.69, 9.17) is 30.5 Å². The number of halogens is 1. The molecule has 0 aromatic heterocycles. The van der Waals surface area contributed by atoms with Gasteiger partial charge in [-0.2, -0.15) is 0 Å². The maximum atomic E-state index is 12.4. The molecule has 0 saturated carbocycles. The quantitative estimate of drug-likeness (QED) is 0.201. The lowest BCUT2D eigenvalue weighted by Crippen LogP contribution is -1.98. The number of ether oxygens (including phenoxy) is 4. The predicted octanol–water partition coefficient (Wildman–Crippen LogP) is 6.06. The first kappa shape index (κ1) is 25.5. The Balaban J connectivity index is 1.85.